The number of aromatic amines is 1. The molecule has 0 radical (unpaired) electrons. The zero-order valence-electron chi connectivity index (χ0n) is 10.6. The highest BCUT2D eigenvalue weighted by Crippen LogP contribution is 2.26. The van der Waals surface area contributed by atoms with Gasteiger partial charge in [0.1, 0.15) is 0 Å². The van der Waals surface area contributed by atoms with Gasteiger partial charge in [-0.2, -0.15) is 5.10 Å². The van der Waals surface area contributed by atoms with E-state index < -0.39 is 0 Å². The number of aromatic nitrogens is 2. The van der Waals surface area contributed by atoms with E-state index in [2.05, 4.69) is 22.4 Å². The van der Waals surface area contributed by atoms with Crippen LogP contribution in [0.2, 0.25) is 0 Å². The minimum Gasteiger partial charge on any atom is -0.349 e. The molecule has 94 valence electrons. The first-order chi connectivity index (χ1) is 8.20. The highest BCUT2D eigenvalue weighted by atomic mass is 16.1. The van der Waals surface area contributed by atoms with E-state index >= 15 is 0 Å². The lowest BCUT2D eigenvalue weighted by Crippen LogP contribution is -2.37. The van der Waals surface area contributed by atoms with Gasteiger partial charge in [0, 0.05) is 11.7 Å². The molecule has 17 heavy (non-hydrogen) atoms. The minimum atomic E-state index is 0.0104. The molecule has 1 saturated carbocycles. The monoisotopic (exact) mass is 235 g/mol. The normalized spacial score (nSPS) is 24.6. The molecule has 0 aliphatic heterocycles. The third-order valence-electron chi connectivity index (χ3n) is 3.83. The van der Waals surface area contributed by atoms with Crippen LogP contribution in [-0.2, 0) is 0 Å². The van der Waals surface area contributed by atoms with Crippen molar-refractivity contribution in [1.29, 1.82) is 0 Å². The highest BCUT2D eigenvalue weighted by molar-refractivity contribution is 5.95. The molecule has 1 heterocycles. The van der Waals surface area contributed by atoms with Crippen LogP contribution in [0.5, 0.6) is 0 Å². The van der Waals surface area contributed by atoms with Crippen LogP contribution < -0.4 is 5.32 Å². The van der Waals surface area contributed by atoms with Crippen molar-refractivity contribution in [2.75, 3.05) is 0 Å². The molecule has 1 amide bonds. The Bertz CT molecular complexity index is 378. The van der Waals surface area contributed by atoms with Crippen LogP contribution in [0, 0.1) is 12.8 Å². The van der Waals surface area contributed by atoms with Crippen molar-refractivity contribution < 1.29 is 4.79 Å². The number of hydrogen-bond donors (Lipinski definition) is 2. The first-order valence-corrected chi connectivity index (χ1v) is 6.51. The van der Waals surface area contributed by atoms with Gasteiger partial charge in [-0.3, -0.25) is 9.89 Å². The lowest BCUT2D eigenvalue weighted by Gasteiger charge is -2.28. The molecule has 4 nitrogen and oxygen atoms in total. The number of carbonyl (C=O) groups is 1. The SMILES string of the molecule is CCC1CCC(NC(=O)c2cn[nH]c2C)CC1. The average Bonchev–Trinajstić information content (AvgIpc) is 2.76. The first-order valence-electron chi connectivity index (χ1n) is 6.51. The smallest absolute Gasteiger partial charge is 0.254 e. The molecule has 2 N–H and O–H groups in total. The maximum absolute atomic E-state index is 12.0. The van der Waals surface area contributed by atoms with Crippen molar-refractivity contribution in [3.63, 3.8) is 0 Å². The molecule has 1 aromatic heterocycles. The molecule has 0 spiro atoms. The summed E-state index contributed by atoms with van der Waals surface area (Å²) in [5.74, 6) is 0.870. The second kappa shape index (κ2) is 5.34. The van der Waals surface area contributed by atoms with E-state index in [4.69, 9.17) is 0 Å². The topological polar surface area (TPSA) is 57.8 Å². The van der Waals surface area contributed by atoms with Crippen LogP contribution in [0.15, 0.2) is 6.20 Å². The lowest BCUT2D eigenvalue weighted by atomic mass is 9.84. The van der Waals surface area contributed by atoms with Crippen LogP contribution in [0.3, 0.4) is 0 Å². The van der Waals surface area contributed by atoms with E-state index in [0.29, 0.717) is 11.6 Å². The van der Waals surface area contributed by atoms with Gasteiger partial charge in [-0.25, -0.2) is 0 Å². The standard InChI is InChI=1S/C13H21N3O/c1-3-10-4-6-11(7-5-10)15-13(17)12-8-14-16-9(12)2/h8,10-11H,3-7H2,1-2H3,(H,14,16)(H,15,17). The van der Waals surface area contributed by atoms with Crippen LogP contribution >= 0.6 is 0 Å². The van der Waals surface area contributed by atoms with Gasteiger partial charge in [-0.15, -0.1) is 0 Å². The van der Waals surface area contributed by atoms with Gasteiger partial charge in [0.2, 0.25) is 0 Å². The van der Waals surface area contributed by atoms with Crippen LogP contribution in [-0.4, -0.2) is 22.1 Å². The summed E-state index contributed by atoms with van der Waals surface area (Å²) in [4.78, 5) is 12.0. The van der Waals surface area contributed by atoms with Crippen molar-refractivity contribution in [2.24, 2.45) is 5.92 Å². The molecule has 1 aromatic rings. The highest BCUT2D eigenvalue weighted by Gasteiger charge is 2.22. The Balaban J connectivity index is 1.86. The summed E-state index contributed by atoms with van der Waals surface area (Å²) in [5.41, 5.74) is 1.51. The van der Waals surface area contributed by atoms with E-state index in [-0.39, 0.29) is 5.91 Å². The Morgan fingerprint density at radius 1 is 1.47 bits per heavy atom. The fraction of sp³-hybridized carbons (Fsp3) is 0.692. The summed E-state index contributed by atoms with van der Waals surface area (Å²) in [6.45, 7) is 4.12. The van der Waals surface area contributed by atoms with Gasteiger partial charge in [-0.05, 0) is 38.5 Å². The number of aryl methyl sites for hydroxylation is 1. The molecule has 1 aliphatic rings. The maximum Gasteiger partial charge on any atom is 0.254 e. The summed E-state index contributed by atoms with van der Waals surface area (Å²) in [7, 11) is 0. The summed E-state index contributed by atoms with van der Waals surface area (Å²) in [6.07, 6.45) is 7.57. The van der Waals surface area contributed by atoms with Gasteiger partial charge in [0.15, 0.2) is 0 Å². The number of nitrogens with one attached hydrogen (secondary N) is 2. The number of amides is 1. The van der Waals surface area contributed by atoms with Gasteiger partial charge in [0.25, 0.3) is 5.91 Å². The summed E-state index contributed by atoms with van der Waals surface area (Å²) < 4.78 is 0. The lowest BCUT2D eigenvalue weighted by molar-refractivity contribution is 0.0921. The predicted molar refractivity (Wildman–Crippen MR) is 66.8 cm³/mol. The fourth-order valence-corrected chi connectivity index (χ4v) is 2.56. The van der Waals surface area contributed by atoms with Gasteiger partial charge in [0.05, 0.1) is 11.8 Å². The van der Waals surface area contributed by atoms with Crippen molar-refractivity contribution in [3.05, 3.63) is 17.5 Å². The molecule has 0 unspecified atom stereocenters. The van der Waals surface area contributed by atoms with Gasteiger partial charge < -0.3 is 5.32 Å². The third-order valence-corrected chi connectivity index (χ3v) is 3.83. The molecular weight excluding hydrogens is 214 g/mol. The summed E-state index contributed by atoms with van der Waals surface area (Å²) >= 11 is 0. The van der Waals surface area contributed by atoms with Gasteiger partial charge >= 0.3 is 0 Å². The molecule has 0 atom stereocenters. The van der Waals surface area contributed by atoms with E-state index in [9.17, 15) is 4.79 Å². The van der Waals surface area contributed by atoms with E-state index in [0.717, 1.165) is 24.5 Å². The van der Waals surface area contributed by atoms with Crippen molar-refractivity contribution in [3.8, 4) is 0 Å². The molecule has 0 aromatic carbocycles. The Morgan fingerprint density at radius 3 is 2.71 bits per heavy atom. The molecule has 1 fully saturated rings. The largest absolute Gasteiger partial charge is 0.349 e. The second-order valence-electron chi connectivity index (χ2n) is 5.01. The van der Waals surface area contributed by atoms with Crippen LogP contribution in [0.25, 0.3) is 0 Å². The molecular formula is C13H21N3O. The average molecular weight is 235 g/mol. The zero-order chi connectivity index (χ0) is 12.3. The van der Waals surface area contributed by atoms with E-state index in [1.165, 1.54) is 19.3 Å². The van der Waals surface area contributed by atoms with Crippen LogP contribution in [0.4, 0.5) is 0 Å². The zero-order valence-corrected chi connectivity index (χ0v) is 10.6. The number of carbonyl (C=O) groups excluding carboxylic acids is 1. The number of nitrogens with zero attached hydrogens (tertiary/aromatic N) is 1. The minimum absolute atomic E-state index is 0.0104. The quantitative estimate of drug-likeness (QED) is 0.845. The molecule has 4 heteroatoms. The van der Waals surface area contributed by atoms with E-state index in [1.807, 2.05) is 6.92 Å². The maximum atomic E-state index is 12.0. The Hall–Kier alpha value is -1.32. The molecule has 0 saturated heterocycles. The molecule has 2 rings (SSSR count). The second-order valence-corrected chi connectivity index (χ2v) is 5.01. The number of hydrogen-bond acceptors (Lipinski definition) is 2. The van der Waals surface area contributed by atoms with Crippen molar-refractivity contribution >= 4 is 5.91 Å². The molecule has 0 bridgehead atoms. The number of H-pyrrole nitrogens is 1. The number of rotatable bonds is 3. The van der Waals surface area contributed by atoms with Crippen molar-refractivity contribution in [2.45, 2.75) is 52.0 Å². The predicted octanol–water partition coefficient (Wildman–Crippen LogP) is 2.42. The Morgan fingerprint density at radius 2 is 2.18 bits per heavy atom. The summed E-state index contributed by atoms with van der Waals surface area (Å²) in [6, 6.07) is 0.347. The van der Waals surface area contributed by atoms with Crippen molar-refractivity contribution in [1.82, 2.24) is 15.5 Å². The Kier molecular flexibility index (Phi) is 3.82. The third kappa shape index (κ3) is 2.87. The first kappa shape index (κ1) is 12.1. The van der Waals surface area contributed by atoms with E-state index in [1.54, 1.807) is 6.20 Å². The van der Waals surface area contributed by atoms with Gasteiger partial charge in [-0.1, -0.05) is 13.3 Å². The summed E-state index contributed by atoms with van der Waals surface area (Å²) in [5, 5.41) is 9.78. The fourth-order valence-electron chi connectivity index (χ4n) is 2.56. The molecule has 1 aliphatic carbocycles. The Labute approximate surface area is 102 Å². The van der Waals surface area contributed by atoms with Crippen LogP contribution in [0.1, 0.15) is 55.1 Å².